The Morgan fingerprint density at radius 3 is 2.56 bits per heavy atom. The normalized spacial score (nSPS) is 17.6. The number of aliphatic hydroxyl groups is 1. The van der Waals surface area contributed by atoms with Gasteiger partial charge in [-0.15, -0.1) is 0 Å². The quantitative estimate of drug-likeness (QED) is 0.822. The van der Waals surface area contributed by atoms with Crippen LogP contribution in [0.3, 0.4) is 0 Å². The maximum Gasteiger partial charge on any atom is 0.119 e. The Hall–Kier alpha value is -1.02. The fourth-order valence-electron chi connectivity index (χ4n) is 2.63. The maximum atomic E-state index is 9.89. The molecule has 0 aliphatic heterocycles. The van der Waals surface area contributed by atoms with E-state index in [1.165, 1.54) is 32.1 Å². The van der Waals surface area contributed by atoms with E-state index >= 15 is 0 Å². The van der Waals surface area contributed by atoms with Crippen molar-refractivity contribution >= 4 is 0 Å². The predicted molar refractivity (Wildman–Crippen MR) is 64.7 cm³/mol. The predicted octanol–water partition coefficient (Wildman–Crippen LogP) is 2.97. The smallest absolute Gasteiger partial charge is 0.119 e. The molecule has 1 aliphatic carbocycles. The third-order valence-electron chi connectivity index (χ3n) is 3.54. The average molecular weight is 220 g/mol. The Balaban J connectivity index is 2.19. The van der Waals surface area contributed by atoms with Crippen LogP contribution in [0.4, 0.5) is 0 Å². The number of phenolic OH excluding ortho intramolecular Hbond substituents is 1. The summed E-state index contributed by atoms with van der Waals surface area (Å²) in [6.45, 7) is 0.175. The minimum Gasteiger partial charge on any atom is -0.508 e. The second-order valence-corrected chi connectivity index (χ2v) is 4.70. The largest absolute Gasteiger partial charge is 0.508 e. The summed E-state index contributed by atoms with van der Waals surface area (Å²) in [5.41, 5.74) is 2.21. The fourth-order valence-corrected chi connectivity index (χ4v) is 2.63. The molecule has 1 aromatic carbocycles. The van der Waals surface area contributed by atoms with Gasteiger partial charge < -0.3 is 10.2 Å². The highest BCUT2D eigenvalue weighted by molar-refractivity contribution is 5.39. The molecule has 1 aliphatic rings. The summed E-state index contributed by atoms with van der Waals surface area (Å²) in [7, 11) is 0. The van der Waals surface area contributed by atoms with Crippen molar-refractivity contribution in [2.45, 2.75) is 44.4 Å². The zero-order valence-electron chi connectivity index (χ0n) is 9.65. The van der Waals surface area contributed by atoms with Gasteiger partial charge in [-0.1, -0.05) is 31.4 Å². The highest BCUT2D eigenvalue weighted by Gasteiger charge is 2.18. The lowest BCUT2D eigenvalue weighted by Crippen LogP contribution is -2.05. The minimum atomic E-state index is 0.175. The first-order valence-corrected chi connectivity index (χ1v) is 6.24. The molecule has 0 unspecified atom stereocenters. The van der Waals surface area contributed by atoms with Gasteiger partial charge in [0.2, 0.25) is 0 Å². The summed E-state index contributed by atoms with van der Waals surface area (Å²) in [5.74, 6) is 0.945. The van der Waals surface area contributed by atoms with Crippen LogP contribution in [0.5, 0.6) is 5.75 Å². The molecule has 2 heteroatoms. The Kier molecular flexibility index (Phi) is 3.83. The molecule has 0 radical (unpaired) electrons. The van der Waals surface area contributed by atoms with Gasteiger partial charge in [0.05, 0.1) is 0 Å². The zero-order chi connectivity index (χ0) is 11.4. The maximum absolute atomic E-state index is 9.89. The highest BCUT2D eigenvalue weighted by Crippen LogP contribution is 2.37. The van der Waals surface area contributed by atoms with E-state index in [0.29, 0.717) is 18.1 Å². The minimum absolute atomic E-state index is 0.175. The van der Waals surface area contributed by atoms with Crippen LogP contribution >= 0.6 is 0 Å². The van der Waals surface area contributed by atoms with Crippen molar-refractivity contribution in [3.63, 3.8) is 0 Å². The lowest BCUT2D eigenvalue weighted by atomic mass is 9.83. The molecule has 1 aromatic rings. The zero-order valence-corrected chi connectivity index (χ0v) is 9.65. The van der Waals surface area contributed by atoms with E-state index in [1.807, 2.05) is 6.07 Å². The molecule has 2 nitrogen and oxygen atoms in total. The van der Waals surface area contributed by atoms with Crippen LogP contribution in [0.25, 0.3) is 0 Å². The summed E-state index contributed by atoms with van der Waals surface area (Å²) in [4.78, 5) is 0. The molecule has 0 spiro atoms. The second-order valence-electron chi connectivity index (χ2n) is 4.70. The Morgan fingerprint density at radius 2 is 1.88 bits per heavy atom. The van der Waals surface area contributed by atoms with Crippen molar-refractivity contribution < 1.29 is 10.2 Å². The van der Waals surface area contributed by atoms with E-state index in [4.69, 9.17) is 5.11 Å². The summed E-state index contributed by atoms with van der Waals surface area (Å²) in [6.07, 6.45) is 6.93. The molecule has 16 heavy (non-hydrogen) atoms. The summed E-state index contributed by atoms with van der Waals surface area (Å²) >= 11 is 0. The number of benzene rings is 1. The molecule has 1 fully saturated rings. The third-order valence-corrected chi connectivity index (χ3v) is 3.54. The molecule has 0 saturated heterocycles. The van der Waals surface area contributed by atoms with Gasteiger partial charge in [-0.05, 0) is 42.4 Å². The van der Waals surface area contributed by atoms with Crippen LogP contribution in [0.2, 0.25) is 0 Å². The van der Waals surface area contributed by atoms with E-state index in [0.717, 1.165) is 11.1 Å². The Labute approximate surface area is 96.9 Å². The molecular formula is C14H20O2. The molecular weight excluding hydrogens is 200 g/mol. The summed E-state index contributed by atoms with van der Waals surface area (Å²) in [6, 6.07) is 5.74. The third kappa shape index (κ3) is 2.56. The first kappa shape index (κ1) is 11.5. The van der Waals surface area contributed by atoms with Crippen LogP contribution in [0.1, 0.15) is 49.1 Å². The van der Waals surface area contributed by atoms with Crippen LogP contribution in [0, 0.1) is 0 Å². The molecule has 0 aromatic heterocycles. The van der Waals surface area contributed by atoms with Gasteiger partial charge in [0, 0.05) is 6.61 Å². The summed E-state index contributed by atoms with van der Waals surface area (Å²) in [5, 5.41) is 18.8. The van der Waals surface area contributed by atoms with Gasteiger partial charge in [-0.2, -0.15) is 0 Å². The molecule has 0 heterocycles. The van der Waals surface area contributed by atoms with Crippen LogP contribution in [-0.4, -0.2) is 16.8 Å². The van der Waals surface area contributed by atoms with Crippen LogP contribution in [-0.2, 0) is 6.42 Å². The molecule has 1 saturated carbocycles. The number of hydrogen-bond acceptors (Lipinski definition) is 2. The van der Waals surface area contributed by atoms with Gasteiger partial charge in [0.15, 0.2) is 0 Å². The van der Waals surface area contributed by atoms with Gasteiger partial charge in [-0.25, -0.2) is 0 Å². The van der Waals surface area contributed by atoms with Gasteiger partial charge in [-0.3, -0.25) is 0 Å². The topological polar surface area (TPSA) is 40.5 Å². The lowest BCUT2D eigenvalue weighted by molar-refractivity contribution is 0.299. The molecule has 0 atom stereocenters. The first-order valence-electron chi connectivity index (χ1n) is 6.24. The van der Waals surface area contributed by atoms with E-state index in [2.05, 4.69) is 6.07 Å². The Morgan fingerprint density at radius 1 is 1.12 bits per heavy atom. The van der Waals surface area contributed by atoms with Crippen molar-refractivity contribution in [2.75, 3.05) is 6.61 Å². The highest BCUT2D eigenvalue weighted by atomic mass is 16.3. The Bertz CT molecular complexity index is 341. The van der Waals surface area contributed by atoms with Gasteiger partial charge in [0.1, 0.15) is 5.75 Å². The standard InChI is InChI=1S/C14H20O2/c15-9-8-11-6-7-14(16)13(10-11)12-4-2-1-3-5-12/h6-7,10,12,15-16H,1-5,8-9H2. The SMILES string of the molecule is OCCc1ccc(O)c(C2CCCCC2)c1. The number of aromatic hydroxyl groups is 1. The van der Waals surface area contributed by atoms with E-state index in [-0.39, 0.29) is 6.61 Å². The molecule has 2 N–H and O–H groups in total. The molecule has 0 bridgehead atoms. The second kappa shape index (κ2) is 5.35. The van der Waals surface area contributed by atoms with Crippen molar-refractivity contribution in [2.24, 2.45) is 0 Å². The number of rotatable bonds is 3. The van der Waals surface area contributed by atoms with E-state index in [9.17, 15) is 5.11 Å². The molecule has 2 rings (SSSR count). The van der Waals surface area contributed by atoms with E-state index < -0.39 is 0 Å². The van der Waals surface area contributed by atoms with Gasteiger partial charge >= 0.3 is 0 Å². The van der Waals surface area contributed by atoms with Gasteiger partial charge in [0.25, 0.3) is 0 Å². The fraction of sp³-hybridized carbons (Fsp3) is 0.571. The van der Waals surface area contributed by atoms with Crippen LogP contribution in [0.15, 0.2) is 18.2 Å². The number of aliphatic hydroxyl groups excluding tert-OH is 1. The molecule has 0 amide bonds. The van der Waals surface area contributed by atoms with Crippen molar-refractivity contribution in [3.8, 4) is 5.75 Å². The number of hydrogen-bond donors (Lipinski definition) is 2. The van der Waals surface area contributed by atoms with E-state index in [1.54, 1.807) is 6.07 Å². The summed E-state index contributed by atoms with van der Waals surface area (Å²) < 4.78 is 0. The lowest BCUT2D eigenvalue weighted by Gasteiger charge is -2.23. The number of phenols is 1. The first-order chi connectivity index (χ1) is 7.81. The monoisotopic (exact) mass is 220 g/mol. The van der Waals surface area contributed by atoms with Crippen LogP contribution < -0.4 is 0 Å². The van der Waals surface area contributed by atoms with Crippen molar-refractivity contribution in [1.82, 2.24) is 0 Å². The average Bonchev–Trinajstić information content (AvgIpc) is 2.33. The van der Waals surface area contributed by atoms with Crippen molar-refractivity contribution in [3.05, 3.63) is 29.3 Å². The molecule has 88 valence electrons. The van der Waals surface area contributed by atoms with Crippen molar-refractivity contribution in [1.29, 1.82) is 0 Å².